The molecule has 0 aliphatic heterocycles. The molecular formula is C16H20N2OS. The molecule has 0 radical (unpaired) electrons. The van der Waals surface area contributed by atoms with Crippen LogP contribution in [-0.4, -0.2) is 27.2 Å². The van der Waals surface area contributed by atoms with Gasteiger partial charge in [-0.25, -0.2) is 0 Å². The van der Waals surface area contributed by atoms with Crippen molar-refractivity contribution < 1.29 is 4.21 Å². The number of nitrogens with zero attached hydrogens (tertiary/aromatic N) is 1. The number of pyridine rings is 1. The van der Waals surface area contributed by atoms with E-state index in [2.05, 4.69) is 29.4 Å². The van der Waals surface area contributed by atoms with Crippen LogP contribution in [0.3, 0.4) is 0 Å². The summed E-state index contributed by atoms with van der Waals surface area (Å²) in [4.78, 5) is 4.45. The average molecular weight is 288 g/mol. The van der Waals surface area contributed by atoms with E-state index in [4.69, 9.17) is 0 Å². The van der Waals surface area contributed by atoms with Gasteiger partial charge in [0.15, 0.2) is 0 Å². The standard InChI is InChI=1S/C16H20N2OS/c1-13(12-20(2)19)18-16(14-8-4-3-5-9-14)15-10-6-7-11-17-15/h3-11,13,16,18H,12H2,1-2H3. The molecule has 1 heterocycles. The number of benzene rings is 1. The van der Waals surface area contributed by atoms with Gasteiger partial charge in [-0.15, -0.1) is 0 Å². The zero-order chi connectivity index (χ0) is 14.4. The fourth-order valence-electron chi connectivity index (χ4n) is 2.23. The minimum absolute atomic E-state index is 0.0240. The van der Waals surface area contributed by atoms with Crippen molar-refractivity contribution >= 4 is 10.8 Å². The first-order valence-electron chi connectivity index (χ1n) is 6.69. The van der Waals surface area contributed by atoms with Crippen molar-refractivity contribution in [3.63, 3.8) is 0 Å². The maximum absolute atomic E-state index is 11.4. The van der Waals surface area contributed by atoms with Gasteiger partial charge >= 0.3 is 0 Å². The second kappa shape index (κ2) is 7.31. The van der Waals surface area contributed by atoms with Crippen LogP contribution in [0.25, 0.3) is 0 Å². The van der Waals surface area contributed by atoms with Crippen LogP contribution in [0.15, 0.2) is 54.7 Å². The Morgan fingerprint density at radius 3 is 2.45 bits per heavy atom. The van der Waals surface area contributed by atoms with Crippen LogP contribution >= 0.6 is 0 Å². The molecule has 0 amide bonds. The number of hydrogen-bond acceptors (Lipinski definition) is 3. The summed E-state index contributed by atoms with van der Waals surface area (Å²) in [5.41, 5.74) is 2.15. The van der Waals surface area contributed by atoms with E-state index in [-0.39, 0.29) is 12.1 Å². The molecule has 0 aliphatic carbocycles. The van der Waals surface area contributed by atoms with Crippen LogP contribution in [0.5, 0.6) is 0 Å². The highest BCUT2D eigenvalue weighted by atomic mass is 32.2. The van der Waals surface area contributed by atoms with Gasteiger partial charge in [-0.2, -0.15) is 0 Å². The fourth-order valence-corrected chi connectivity index (χ4v) is 3.03. The first-order valence-corrected chi connectivity index (χ1v) is 8.41. The number of hydrogen-bond donors (Lipinski definition) is 1. The second-order valence-corrected chi connectivity index (χ2v) is 6.39. The lowest BCUT2D eigenvalue weighted by Crippen LogP contribution is -2.35. The van der Waals surface area contributed by atoms with Crippen molar-refractivity contribution in [3.8, 4) is 0 Å². The van der Waals surface area contributed by atoms with Crippen LogP contribution in [0.2, 0.25) is 0 Å². The van der Waals surface area contributed by atoms with Gasteiger partial charge in [0.05, 0.1) is 11.7 Å². The van der Waals surface area contributed by atoms with E-state index in [1.165, 1.54) is 5.56 Å². The topological polar surface area (TPSA) is 42.0 Å². The van der Waals surface area contributed by atoms with E-state index in [1.807, 2.05) is 36.4 Å². The molecule has 1 aromatic carbocycles. The lowest BCUT2D eigenvalue weighted by Gasteiger charge is -2.23. The maximum Gasteiger partial charge on any atom is 0.0753 e. The highest BCUT2D eigenvalue weighted by molar-refractivity contribution is 7.84. The second-order valence-electron chi connectivity index (χ2n) is 4.91. The lowest BCUT2D eigenvalue weighted by atomic mass is 10.0. The van der Waals surface area contributed by atoms with E-state index < -0.39 is 10.8 Å². The van der Waals surface area contributed by atoms with Gasteiger partial charge < -0.3 is 5.32 Å². The molecule has 3 unspecified atom stereocenters. The predicted octanol–water partition coefficient (Wildman–Crippen LogP) is 2.53. The molecular weight excluding hydrogens is 268 g/mol. The molecule has 3 atom stereocenters. The van der Waals surface area contributed by atoms with Crippen molar-refractivity contribution in [1.82, 2.24) is 10.3 Å². The summed E-state index contributed by atoms with van der Waals surface area (Å²) >= 11 is 0. The first kappa shape index (κ1) is 14.9. The molecule has 0 saturated heterocycles. The van der Waals surface area contributed by atoms with E-state index >= 15 is 0 Å². The van der Waals surface area contributed by atoms with Gasteiger partial charge in [-0.3, -0.25) is 9.19 Å². The van der Waals surface area contributed by atoms with E-state index in [1.54, 1.807) is 12.5 Å². The van der Waals surface area contributed by atoms with Gasteiger partial charge in [-0.05, 0) is 24.6 Å². The smallest absolute Gasteiger partial charge is 0.0753 e. The van der Waals surface area contributed by atoms with Crippen LogP contribution in [-0.2, 0) is 10.8 Å². The van der Waals surface area contributed by atoms with Gasteiger partial charge in [0.2, 0.25) is 0 Å². The minimum Gasteiger partial charge on any atom is -0.302 e. The molecule has 4 heteroatoms. The molecule has 0 spiro atoms. The van der Waals surface area contributed by atoms with Gasteiger partial charge in [0.25, 0.3) is 0 Å². The largest absolute Gasteiger partial charge is 0.302 e. The van der Waals surface area contributed by atoms with Crippen molar-refractivity contribution in [2.75, 3.05) is 12.0 Å². The summed E-state index contributed by atoms with van der Waals surface area (Å²) in [5.74, 6) is 0.635. The molecule has 1 aromatic heterocycles. The fraction of sp³-hybridized carbons (Fsp3) is 0.312. The lowest BCUT2D eigenvalue weighted by molar-refractivity contribution is 0.522. The van der Waals surface area contributed by atoms with E-state index in [0.29, 0.717) is 5.75 Å². The molecule has 2 rings (SSSR count). The summed E-state index contributed by atoms with van der Waals surface area (Å²) < 4.78 is 11.4. The number of nitrogens with one attached hydrogen (secondary N) is 1. The van der Waals surface area contributed by atoms with Gasteiger partial charge in [-0.1, -0.05) is 36.4 Å². The minimum atomic E-state index is -0.808. The van der Waals surface area contributed by atoms with Crippen molar-refractivity contribution in [3.05, 3.63) is 66.0 Å². The molecule has 0 bridgehead atoms. The molecule has 0 fully saturated rings. The Kier molecular flexibility index (Phi) is 5.44. The van der Waals surface area contributed by atoms with Crippen LogP contribution < -0.4 is 5.32 Å². The summed E-state index contributed by atoms with van der Waals surface area (Å²) in [7, 11) is -0.808. The summed E-state index contributed by atoms with van der Waals surface area (Å²) in [5, 5.41) is 3.53. The van der Waals surface area contributed by atoms with Crippen molar-refractivity contribution in [1.29, 1.82) is 0 Å². The summed E-state index contributed by atoms with van der Waals surface area (Å²) in [6.45, 7) is 2.06. The third kappa shape index (κ3) is 4.25. The predicted molar refractivity (Wildman–Crippen MR) is 84.1 cm³/mol. The summed E-state index contributed by atoms with van der Waals surface area (Å²) in [6.07, 6.45) is 3.53. The van der Waals surface area contributed by atoms with Gasteiger partial charge in [0, 0.05) is 35.0 Å². The quantitative estimate of drug-likeness (QED) is 0.888. The highest BCUT2D eigenvalue weighted by Crippen LogP contribution is 2.20. The maximum atomic E-state index is 11.4. The normalized spacial score (nSPS) is 15.5. The Bertz CT molecular complexity index is 505. The monoisotopic (exact) mass is 288 g/mol. The zero-order valence-electron chi connectivity index (χ0n) is 11.8. The highest BCUT2D eigenvalue weighted by Gasteiger charge is 2.17. The first-order chi connectivity index (χ1) is 9.66. The molecule has 1 N–H and O–H groups in total. The average Bonchev–Trinajstić information content (AvgIpc) is 2.46. The Labute approximate surface area is 122 Å². The molecule has 20 heavy (non-hydrogen) atoms. The molecule has 3 nitrogen and oxygen atoms in total. The van der Waals surface area contributed by atoms with E-state index in [9.17, 15) is 4.21 Å². The van der Waals surface area contributed by atoms with E-state index in [0.717, 1.165) is 5.69 Å². The zero-order valence-corrected chi connectivity index (χ0v) is 12.6. The molecule has 0 aliphatic rings. The summed E-state index contributed by atoms with van der Waals surface area (Å²) in [6, 6.07) is 16.3. The van der Waals surface area contributed by atoms with Crippen LogP contribution in [0, 0.1) is 0 Å². The SMILES string of the molecule is CC(CS(C)=O)NC(c1ccccc1)c1ccccn1. The van der Waals surface area contributed by atoms with Crippen LogP contribution in [0.1, 0.15) is 24.2 Å². The number of aromatic nitrogens is 1. The van der Waals surface area contributed by atoms with Crippen LogP contribution in [0.4, 0.5) is 0 Å². The Morgan fingerprint density at radius 1 is 1.15 bits per heavy atom. The third-order valence-electron chi connectivity index (χ3n) is 3.05. The Hall–Kier alpha value is -1.52. The van der Waals surface area contributed by atoms with Crippen molar-refractivity contribution in [2.24, 2.45) is 0 Å². The Morgan fingerprint density at radius 2 is 1.85 bits per heavy atom. The van der Waals surface area contributed by atoms with Gasteiger partial charge in [0.1, 0.15) is 0 Å². The number of rotatable bonds is 6. The molecule has 2 aromatic rings. The van der Waals surface area contributed by atoms with Crippen molar-refractivity contribution in [2.45, 2.75) is 19.0 Å². The Balaban J connectivity index is 2.24. The third-order valence-corrected chi connectivity index (χ3v) is 4.02. The molecule has 106 valence electrons. The molecule has 0 saturated carbocycles.